The molecule has 0 saturated carbocycles. The second-order valence-electron chi connectivity index (χ2n) is 4.96. The van der Waals surface area contributed by atoms with Crippen molar-refractivity contribution >= 4 is 29.9 Å². The Hall–Kier alpha value is -2.45. The number of anilines is 1. The minimum atomic E-state index is -0.273. The minimum absolute atomic E-state index is 0. The first-order chi connectivity index (χ1) is 11.1. The zero-order valence-electron chi connectivity index (χ0n) is 13.3. The molecule has 2 rings (SSSR count). The van der Waals surface area contributed by atoms with Crippen molar-refractivity contribution in [3.63, 3.8) is 0 Å². The molecule has 9 heteroatoms. The quantitative estimate of drug-likeness (QED) is 0.595. The molecule has 1 aromatic heterocycles. The number of aromatic amines is 1. The second-order valence-corrected chi connectivity index (χ2v) is 4.96. The Morgan fingerprint density at radius 3 is 2.50 bits per heavy atom. The number of hydrogen-bond donors (Lipinski definition) is 4. The fourth-order valence-corrected chi connectivity index (χ4v) is 1.92. The van der Waals surface area contributed by atoms with E-state index in [1.165, 1.54) is 0 Å². The average Bonchev–Trinajstić information content (AvgIpc) is 3.03. The van der Waals surface area contributed by atoms with Crippen molar-refractivity contribution in [2.45, 2.75) is 26.3 Å². The van der Waals surface area contributed by atoms with Gasteiger partial charge < -0.3 is 16.4 Å². The number of amides is 2. The van der Waals surface area contributed by atoms with E-state index >= 15 is 0 Å². The molecule has 2 aromatic rings. The van der Waals surface area contributed by atoms with E-state index in [4.69, 9.17) is 5.73 Å². The van der Waals surface area contributed by atoms with Crippen LogP contribution in [0.1, 0.15) is 25.6 Å². The van der Waals surface area contributed by atoms with Gasteiger partial charge in [0.05, 0.1) is 13.1 Å². The molecule has 24 heavy (non-hydrogen) atoms. The van der Waals surface area contributed by atoms with Crippen molar-refractivity contribution in [2.24, 2.45) is 5.73 Å². The van der Waals surface area contributed by atoms with Gasteiger partial charge in [-0.15, -0.1) is 12.4 Å². The van der Waals surface area contributed by atoms with E-state index in [0.717, 1.165) is 12.0 Å². The molecule has 130 valence electrons. The highest BCUT2D eigenvalue weighted by Crippen LogP contribution is 2.17. The van der Waals surface area contributed by atoms with Crippen LogP contribution in [-0.2, 0) is 16.1 Å². The summed E-state index contributed by atoms with van der Waals surface area (Å²) < 4.78 is 0. The number of rotatable bonds is 7. The van der Waals surface area contributed by atoms with E-state index in [1.807, 2.05) is 6.92 Å². The lowest BCUT2D eigenvalue weighted by Crippen LogP contribution is -2.32. The van der Waals surface area contributed by atoms with E-state index in [2.05, 4.69) is 25.8 Å². The molecule has 0 aliphatic carbocycles. The zero-order chi connectivity index (χ0) is 16.7. The summed E-state index contributed by atoms with van der Waals surface area (Å²) in [7, 11) is 0. The summed E-state index contributed by atoms with van der Waals surface area (Å²) in [5.41, 5.74) is 6.93. The summed E-state index contributed by atoms with van der Waals surface area (Å²) in [6.45, 7) is 2.16. The summed E-state index contributed by atoms with van der Waals surface area (Å²) in [5, 5.41) is 12.1. The number of halogens is 1. The number of benzene rings is 1. The highest BCUT2D eigenvalue weighted by Gasteiger charge is 2.07. The van der Waals surface area contributed by atoms with Crippen LogP contribution >= 0.6 is 12.4 Å². The largest absolute Gasteiger partial charge is 0.347 e. The second kappa shape index (κ2) is 9.64. The van der Waals surface area contributed by atoms with Crippen LogP contribution in [0, 0.1) is 0 Å². The highest BCUT2D eigenvalue weighted by atomic mass is 35.5. The van der Waals surface area contributed by atoms with Crippen molar-refractivity contribution in [3.8, 4) is 11.4 Å². The Bertz CT molecular complexity index is 671. The molecule has 0 aliphatic heterocycles. The van der Waals surface area contributed by atoms with E-state index in [0.29, 0.717) is 30.3 Å². The number of nitrogens with one attached hydrogen (secondary N) is 3. The molecule has 0 radical (unpaired) electrons. The molecule has 0 unspecified atom stereocenters. The Morgan fingerprint density at radius 1 is 1.21 bits per heavy atom. The molecule has 0 bridgehead atoms. The van der Waals surface area contributed by atoms with Gasteiger partial charge in [0.15, 0.2) is 5.82 Å². The van der Waals surface area contributed by atoms with Crippen molar-refractivity contribution in [1.29, 1.82) is 0 Å². The fraction of sp³-hybridized carbons (Fsp3) is 0.333. The van der Waals surface area contributed by atoms with E-state index < -0.39 is 0 Å². The lowest BCUT2D eigenvalue weighted by Gasteiger charge is -2.07. The topological polar surface area (TPSA) is 126 Å². The predicted molar refractivity (Wildman–Crippen MR) is 93.5 cm³/mol. The molecule has 8 nitrogen and oxygen atoms in total. The number of hydrogen-bond acceptors (Lipinski definition) is 5. The first-order valence-corrected chi connectivity index (χ1v) is 7.40. The van der Waals surface area contributed by atoms with Crippen LogP contribution in [-0.4, -0.2) is 33.5 Å². The van der Waals surface area contributed by atoms with Crippen molar-refractivity contribution in [3.05, 3.63) is 30.1 Å². The van der Waals surface area contributed by atoms with Crippen LogP contribution in [0.4, 0.5) is 5.69 Å². The summed E-state index contributed by atoms with van der Waals surface area (Å²) >= 11 is 0. The molecular formula is C15H21ClN6O2. The van der Waals surface area contributed by atoms with Gasteiger partial charge in [0.2, 0.25) is 11.8 Å². The van der Waals surface area contributed by atoms with Crippen LogP contribution in [0.3, 0.4) is 0 Å². The lowest BCUT2D eigenvalue weighted by atomic mass is 10.2. The Morgan fingerprint density at radius 2 is 1.92 bits per heavy atom. The van der Waals surface area contributed by atoms with Gasteiger partial charge in [0.1, 0.15) is 5.82 Å². The third-order valence-corrected chi connectivity index (χ3v) is 3.08. The molecule has 2 amide bonds. The highest BCUT2D eigenvalue weighted by molar-refractivity contribution is 5.94. The smallest absolute Gasteiger partial charge is 0.243 e. The summed E-state index contributed by atoms with van der Waals surface area (Å²) in [6.07, 6.45) is 1.17. The third-order valence-electron chi connectivity index (χ3n) is 3.08. The first-order valence-electron chi connectivity index (χ1n) is 7.40. The van der Waals surface area contributed by atoms with Gasteiger partial charge >= 0.3 is 0 Å². The van der Waals surface area contributed by atoms with E-state index in [9.17, 15) is 9.59 Å². The standard InChI is InChI=1S/C15H20N6O2.ClH/c1-2-3-13(22)17-9-14(23)18-11-6-4-10(5-7-11)15-19-12(8-16)20-21-15;/h4-7H,2-3,8-9,16H2,1H3,(H,17,22)(H,18,23)(H,19,20,21);1H. The number of H-pyrrole nitrogens is 1. The van der Waals surface area contributed by atoms with Crippen LogP contribution in [0.2, 0.25) is 0 Å². The van der Waals surface area contributed by atoms with Gasteiger partial charge in [-0.1, -0.05) is 6.92 Å². The maximum atomic E-state index is 11.7. The van der Waals surface area contributed by atoms with Crippen LogP contribution in [0.25, 0.3) is 11.4 Å². The zero-order valence-corrected chi connectivity index (χ0v) is 14.2. The van der Waals surface area contributed by atoms with Crippen LogP contribution in [0.15, 0.2) is 24.3 Å². The number of carbonyl (C=O) groups excluding carboxylic acids is 2. The maximum Gasteiger partial charge on any atom is 0.243 e. The first kappa shape index (κ1) is 19.6. The number of nitrogens with zero attached hydrogens (tertiary/aromatic N) is 2. The molecule has 1 aromatic carbocycles. The fourth-order valence-electron chi connectivity index (χ4n) is 1.92. The number of carbonyl (C=O) groups is 2. The Balaban J connectivity index is 0.00000288. The van der Waals surface area contributed by atoms with Gasteiger partial charge in [-0.25, -0.2) is 4.98 Å². The molecule has 1 heterocycles. The van der Waals surface area contributed by atoms with E-state index in [-0.39, 0.29) is 30.8 Å². The maximum absolute atomic E-state index is 11.7. The molecule has 0 aliphatic rings. The third kappa shape index (κ3) is 5.64. The summed E-state index contributed by atoms with van der Waals surface area (Å²) in [4.78, 5) is 27.3. The van der Waals surface area contributed by atoms with Crippen molar-refractivity contribution < 1.29 is 9.59 Å². The average molecular weight is 353 g/mol. The van der Waals surface area contributed by atoms with E-state index in [1.54, 1.807) is 24.3 Å². The van der Waals surface area contributed by atoms with Crippen molar-refractivity contribution in [2.75, 3.05) is 11.9 Å². The molecule has 5 N–H and O–H groups in total. The SMILES string of the molecule is CCCC(=O)NCC(=O)Nc1ccc(-c2n[nH]c(CN)n2)cc1.Cl. The van der Waals surface area contributed by atoms with Gasteiger partial charge in [0.25, 0.3) is 0 Å². The van der Waals surface area contributed by atoms with Gasteiger partial charge in [-0.3, -0.25) is 14.7 Å². The van der Waals surface area contributed by atoms with Crippen molar-refractivity contribution in [1.82, 2.24) is 20.5 Å². The molecular weight excluding hydrogens is 332 g/mol. The predicted octanol–water partition coefficient (Wildman–Crippen LogP) is 1.21. The molecule has 0 spiro atoms. The number of nitrogens with two attached hydrogens (primary N) is 1. The normalized spacial score (nSPS) is 9.92. The Kier molecular flexibility index (Phi) is 7.87. The lowest BCUT2D eigenvalue weighted by molar-refractivity contribution is -0.124. The van der Waals surface area contributed by atoms with Crippen LogP contribution < -0.4 is 16.4 Å². The summed E-state index contributed by atoms with van der Waals surface area (Å²) in [5.74, 6) is 0.763. The molecule has 0 atom stereocenters. The molecule has 0 fully saturated rings. The summed E-state index contributed by atoms with van der Waals surface area (Å²) in [6, 6.07) is 7.10. The number of aromatic nitrogens is 3. The van der Waals surface area contributed by atoms with Gasteiger partial charge in [-0.05, 0) is 30.7 Å². The van der Waals surface area contributed by atoms with Gasteiger partial charge in [0, 0.05) is 17.7 Å². The Labute approximate surface area is 146 Å². The minimum Gasteiger partial charge on any atom is -0.347 e. The molecule has 0 saturated heterocycles. The van der Waals surface area contributed by atoms with Crippen LogP contribution in [0.5, 0.6) is 0 Å². The monoisotopic (exact) mass is 352 g/mol. The van der Waals surface area contributed by atoms with Gasteiger partial charge in [-0.2, -0.15) is 5.10 Å².